The van der Waals surface area contributed by atoms with Gasteiger partial charge in [-0.05, 0) is 12.5 Å². The predicted molar refractivity (Wildman–Crippen MR) is 62.8 cm³/mol. The van der Waals surface area contributed by atoms with Crippen molar-refractivity contribution in [1.29, 1.82) is 0 Å². The molecule has 1 aromatic rings. The molecule has 0 amide bonds. The minimum absolute atomic E-state index is 0.0207. The Morgan fingerprint density at radius 3 is 2.76 bits per heavy atom. The van der Waals surface area contributed by atoms with Gasteiger partial charge in [-0.1, -0.05) is 12.1 Å². The van der Waals surface area contributed by atoms with Gasteiger partial charge in [0.1, 0.15) is 0 Å². The predicted octanol–water partition coefficient (Wildman–Crippen LogP) is 1.35. The molecule has 5 nitrogen and oxygen atoms in total. The Kier molecular flexibility index (Phi) is 4.78. The van der Waals surface area contributed by atoms with Gasteiger partial charge in [0.2, 0.25) is 0 Å². The molecular formula is C12H17NO4. The van der Waals surface area contributed by atoms with Crippen LogP contribution < -0.4 is 10.5 Å². The van der Waals surface area contributed by atoms with Crippen LogP contribution >= 0.6 is 0 Å². The number of phenols is 1. The van der Waals surface area contributed by atoms with Crippen molar-refractivity contribution >= 4 is 5.97 Å². The second-order valence-electron chi connectivity index (χ2n) is 3.62. The van der Waals surface area contributed by atoms with Gasteiger partial charge in [-0.25, -0.2) is 0 Å². The smallest absolute Gasteiger partial charge is 0.305 e. The zero-order valence-corrected chi connectivity index (χ0v) is 9.97. The summed E-state index contributed by atoms with van der Waals surface area (Å²) in [5, 5.41) is 9.86. The van der Waals surface area contributed by atoms with E-state index in [9.17, 15) is 9.90 Å². The first-order valence-corrected chi connectivity index (χ1v) is 5.28. The molecule has 0 fully saturated rings. The van der Waals surface area contributed by atoms with Crippen LogP contribution in [0.15, 0.2) is 18.2 Å². The molecule has 0 saturated heterocycles. The maximum absolute atomic E-state index is 11.0. The van der Waals surface area contributed by atoms with E-state index in [0.717, 1.165) is 0 Å². The zero-order chi connectivity index (χ0) is 12.8. The number of hydrogen-bond acceptors (Lipinski definition) is 5. The maximum atomic E-state index is 11.0. The maximum Gasteiger partial charge on any atom is 0.305 e. The summed E-state index contributed by atoms with van der Waals surface area (Å²) in [6, 6.07) is 4.67. The largest absolute Gasteiger partial charge is 0.504 e. The van der Waals surface area contributed by atoms with E-state index in [-0.39, 0.29) is 18.1 Å². The van der Waals surface area contributed by atoms with Crippen molar-refractivity contribution in [2.24, 2.45) is 5.73 Å². The fourth-order valence-electron chi connectivity index (χ4n) is 1.53. The second-order valence-corrected chi connectivity index (χ2v) is 3.62. The van der Waals surface area contributed by atoms with Crippen molar-refractivity contribution in [3.05, 3.63) is 23.8 Å². The Morgan fingerprint density at radius 1 is 1.47 bits per heavy atom. The molecule has 0 radical (unpaired) electrons. The van der Waals surface area contributed by atoms with Gasteiger partial charge in [-0.2, -0.15) is 0 Å². The van der Waals surface area contributed by atoms with Gasteiger partial charge >= 0.3 is 5.97 Å². The summed E-state index contributed by atoms with van der Waals surface area (Å²) in [4.78, 5) is 11.0. The highest BCUT2D eigenvalue weighted by Gasteiger charge is 2.15. The molecule has 1 unspecified atom stereocenters. The third-order valence-corrected chi connectivity index (χ3v) is 2.54. The van der Waals surface area contributed by atoms with Gasteiger partial charge in [0.05, 0.1) is 14.2 Å². The molecule has 17 heavy (non-hydrogen) atoms. The highest BCUT2D eigenvalue weighted by molar-refractivity contribution is 5.69. The summed E-state index contributed by atoms with van der Waals surface area (Å²) >= 11 is 0. The number of phenolic OH excluding ortho intramolecular Hbond substituents is 1. The van der Waals surface area contributed by atoms with Crippen molar-refractivity contribution in [3.63, 3.8) is 0 Å². The lowest BCUT2D eigenvalue weighted by Gasteiger charge is -2.14. The second kappa shape index (κ2) is 6.10. The van der Waals surface area contributed by atoms with E-state index < -0.39 is 6.04 Å². The highest BCUT2D eigenvalue weighted by Crippen LogP contribution is 2.33. The molecule has 0 aliphatic rings. The average Bonchev–Trinajstić information content (AvgIpc) is 2.35. The number of aromatic hydroxyl groups is 1. The standard InChI is InChI=1S/C12H17NO4/c1-16-10-5-3-4-8(12(10)15)9(13)6-7-11(14)17-2/h3-5,9,15H,6-7,13H2,1-2H3. The van der Waals surface area contributed by atoms with Gasteiger partial charge in [0.15, 0.2) is 11.5 Å². The normalized spacial score (nSPS) is 11.9. The molecule has 0 aromatic heterocycles. The van der Waals surface area contributed by atoms with Gasteiger partial charge in [-0.15, -0.1) is 0 Å². The molecule has 5 heteroatoms. The fourth-order valence-corrected chi connectivity index (χ4v) is 1.53. The summed E-state index contributed by atoms with van der Waals surface area (Å²) in [5.74, 6) is 0.0752. The summed E-state index contributed by atoms with van der Waals surface area (Å²) in [5.41, 5.74) is 6.46. The number of ether oxygens (including phenoxy) is 2. The van der Waals surface area contributed by atoms with Crippen molar-refractivity contribution in [2.75, 3.05) is 14.2 Å². The van der Waals surface area contributed by atoms with Crippen LogP contribution in [0.1, 0.15) is 24.4 Å². The summed E-state index contributed by atoms with van der Waals surface area (Å²) < 4.78 is 9.52. The van der Waals surface area contributed by atoms with Crippen LogP contribution in [0.4, 0.5) is 0 Å². The minimum atomic E-state index is -0.427. The Bertz CT molecular complexity index is 392. The minimum Gasteiger partial charge on any atom is -0.504 e. The lowest BCUT2D eigenvalue weighted by molar-refractivity contribution is -0.140. The molecule has 94 valence electrons. The number of carbonyl (C=O) groups is 1. The highest BCUT2D eigenvalue weighted by atomic mass is 16.5. The number of hydrogen-bond donors (Lipinski definition) is 2. The third-order valence-electron chi connectivity index (χ3n) is 2.54. The van der Waals surface area contributed by atoms with Crippen LogP contribution in [0.3, 0.4) is 0 Å². The van der Waals surface area contributed by atoms with Gasteiger partial charge in [0, 0.05) is 18.0 Å². The first-order valence-electron chi connectivity index (χ1n) is 5.28. The number of methoxy groups -OCH3 is 2. The van der Waals surface area contributed by atoms with Crippen LogP contribution in [0.2, 0.25) is 0 Å². The topological polar surface area (TPSA) is 81.8 Å². The zero-order valence-electron chi connectivity index (χ0n) is 9.97. The Balaban J connectivity index is 2.75. The average molecular weight is 239 g/mol. The quantitative estimate of drug-likeness (QED) is 0.758. The molecule has 1 rings (SSSR count). The molecule has 1 aromatic carbocycles. The van der Waals surface area contributed by atoms with Crippen molar-refractivity contribution in [1.82, 2.24) is 0 Å². The summed E-state index contributed by atoms with van der Waals surface area (Å²) in [7, 11) is 2.80. The lowest BCUT2D eigenvalue weighted by atomic mass is 10.0. The number of para-hydroxylation sites is 1. The first kappa shape index (κ1) is 13.3. The molecule has 0 aliphatic heterocycles. The van der Waals surface area contributed by atoms with Crippen LogP contribution in [-0.2, 0) is 9.53 Å². The first-order chi connectivity index (χ1) is 8.10. The van der Waals surface area contributed by atoms with Gasteiger partial charge < -0.3 is 20.3 Å². The van der Waals surface area contributed by atoms with Crippen LogP contribution in [0, 0.1) is 0 Å². The van der Waals surface area contributed by atoms with Crippen LogP contribution in [-0.4, -0.2) is 25.3 Å². The summed E-state index contributed by atoms with van der Waals surface area (Å²) in [6.07, 6.45) is 0.627. The van der Waals surface area contributed by atoms with E-state index in [1.54, 1.807) is 18.2 Å². The SMILES string of the molecule is COC(=O)CCC(N)c1cccc(OC)c1O. The Morgan fingerprint density at radius 2 is 2.18 bits per heavy atom. The van der Waals surface area contributed by atoms with Crippen LogP contribution in [0.25, 0.3) is 0 Å². The molecule has 0 saturated carbocycles. The summed E-state index contributed by atoms with van der Waals surface area (Å²) in [6.45, 7) is 0. The monoisotopic (exact) mass is 239 g/mol. The van der Waals surface area contributed by atoms with E-state index in [1.165, 1.54) is 14.2 Å². The van der Waals surface area contributed by atoms with Gasteiger partial charge in [0.25, 0.3) is 0 Å². The number of nitrogens with two attached hydrogens (primary N) is 1. The molecule has 0 heterocycles. The number of carbonyl (C=O) groups excluding carboxylic acids is 1. The lowest BCUT2D eigenvalue weighted by Crippen LogP contribution is -2.13. The van der Waals surface area contributed by atoms with E-state index in [1.807, 2.05) is 0 Å². The van der Waals surface area contributed by atoms with Crippen LogP contribution in [0.5, 0.6) is 11.5 Å². The van der Waals surface area contributed by atoms with Gasteiger partial charge in [-0.3, -0.25) is 4.79 Å². The Hall–Kier alpha value is -1.75. The molecular weight excluding hydrogens is 222 g/mol. The Labute approximate surface area is 100 Å². The molecule has 1 atom stereocenters. The fraction of sp³-hybridized carbons (Fsp3) is 0.417. The van der Waals surface area contributed by atoms with E-state index in [4.69, 9.17) is 10.5 Å². The van der Waals surface area contributed by atoms with E-state index in [2.05, 4.69) is 4.74 Å². The number of rotatable bonds is 5. The number of esters is 1. The van der Waals surface area contributed by atoms with E-state index >= 15 is 0 Å². The molecule has 3 N–H and O–H groups in total. The van der Waals surface area contributed by atoms with E-state index in [0.29, 0.717) is 17.7 Å². The number of benzene rings is 1. The molecule has 0 aliphatic carbocycles. The van der Waals surface area contributed by atoms with Crippen molar-refractivity contribution in [2.45, 2.75) is 18.9 Å². The third kappa shape index (κ3) is 3.35. The molecule has 0 bridgehead atoms. The van der Waals surface area contributed by atoms with Crippen molar-refractivity contribution in [3.8, 4) is 11.5 Å². The van der Waals surface area contributed by atoms with Crippen molar-refractivity contribution < 1.29 is 19.4 Å². The molecule has 0 spiro atoms.